The van der Waals surface area contributed by atoms with E-state index < -0.39 is 0 Å². The van der Waals surface area contributed by atoms with Crippen molar-refractivity contribution >= 4 is 5.82 Å². The predicted octanol–water partition coefficient (Wildman–Crippen LogP) is 3.45. The quantitative estimate of drug-likeness (QED) is 0.891. The molecular formula is C15H19N3. The number of aromatic nitrogens is 2. The molecular weight excluding hydrogens is 222 g/mol. The lowest BCUT2D eigenvalue weighted by molar-refractivity contribution is 0.998. The number of hydrogen-bond donors (Lipinski definition) is 1. The molecule has 1 aromatic heterocycles. The van der Waals surface area contributed by atoms with Gasteiger partial charge in [0.25, 0.3) is 0 Å². The van der Waals surface area contributed by atoms with Gasteiger partial charge in [-0.2, -0.15) is 0 Å². The van der Waals surface area contributed by atoms with Gasteiger partial charge in [-0.05, 0) is 26.3 Å². The first-order valence-electron chi connectivity index (χ1n) is 6.41. The van der Waals surface area contributed by atoms with Crippen molar-refractivity contribution in [3.05, 3.63) is 41.6 Å². The summed E-state index contributed by atoms with van der Waals surface area (Å²) in [4.78, 5) is 9.15. The minimum absolute atomic E-state index is 0.800. The Morgan fingerprint density at radius 1 is 1.11 bits per heavy atom. The van der Waals surface area contributed by atoms with Gasteiger partial charge in [-0.25, -0.2) is 9.97 Å². The first-order valence-corrected chi connectivity index (χ1v) is 6.41. The molecule has 0 saturated carbocycles. The van der Waals surface area contributed by atoms with Gasteiger partial charge >= 0.3 is 0 Å². The maximum Gasteiger partial charge on any atom is 0.161 e. The van der Waals surface area contributed by atoms with Crippen molar-refractivity contribution in [3.63, 3.8) is 0 Å². The number of aryl methyl sites for hydroxylation is 2. The molecule has 0 atom stereocenters. The van der Waals surface area contributed by atoms with Crippen LogP contribution < -0.4 is 5.32 Å². The lowest BCUT2D eigenvalue weighted by atomic mass is 10.1. The van der Waals surface area contributed by atoms with Gasteiger partial charge in [0.15, 0.2) is 5.82 Å². The molecule has 0 radical (unpaired) electrons. The van der Waals surface area contributed by atoms with Crippen molar-refractivity contribution in [2.24, 2.45) is 0 Å². The van der Waals surface area contributed by atoms with Gasteiger partial charge < -0.3 is 5.32 Å². The summed E-state index contributed by atoms with van der Waals surface area (Å²) >= 11 is 0. The Balaban J connectivity index is 2.46. The lowest BCUT2D eigenvalue weighted by Gasteiger charge is -2.08. The van der Waals surface area contributed by atoms with Gasteiger partial charge in [0.2, 0.25) is 0 Å². The van der Waals surface area contributed by atoms with Crippen molar-refractivity contribution < 1.29 is 0 Å². The highest BCUT2D eigenvalue weighted by molar-refractivity contribution is 5.58. The first-order chi connectivity index (χ1) is 8.72. The molecule has 0 saturated heterocycles. The molecule has 2 rings (SSSR count). The first kappa shape index (κ1) is 12.6. The second-order valence-corrected chi connectivity index (χ2v) is 4.32. The Labute approximate surface area is 108 Å². The fourth-order valence-corrected chi connectivity index (χ4v) is 1.86. The van der Waals surface area contributed by atoms with Gasteiger partial charge in [0.05, 0.1) is 0 Å². The fourth-order valence-electron chi connectivity index (χ4n) is 1.86. The molecule has 0 aliphatic carbocycles. The number of nitrogens with zero attached hydrogens (tertiary/aromatic N) is 2. The smallest absolute Gasteiger partial charge is 0.161 e. The van der Waals surface area contributed by atoms with E-state index in [2.05, 4.69) is 54.3 Å². The maximum absolute atomic E-state index is 4.59. The van der Waals surface area contributed by atoms with Crippen LogP contribution in [0.2, 0.25) is 0 Å². The highest BCUT2D eigenvalue weighted by Gasteiger charge is 2.05. The molecule has 0 bridgehead atoms. The second-order valence-electron chi connectivity index (χ2n) is 4.32. The molecule has 3 nitrogen and oxygen atoms in total. The minimum Gasteiger partial charge on any atom is -0.370 e. The molecule has 0 unspecified atom stereocenters. The van der Waals surface area contributed by atoms with Crippen molar-refractivity contribution in [2.45, 2.75) is 27.2 Å². The van der Waals surface area contributed by atoms with Crippen molar-refractivity contribution in [1.82, 2.24) is 9.97 Å². The zero-order valence-corrected chi connectivity index (χ0v) is 11.2. The van der Waals surface area contributed by atoms with Gasteiger partial charge in [-0.3, -0.25) is 0 Å². The van der Waals surface area contributed by atoms with E-state index in [0.717, 1.165) is 35.9 Å². The molecule has 0 amide bonds. The van der Waals surface area contributed by atoms with Crippen LogP contribution in [0.25, 0.3) is 11.4 Å². The summed E-state index contributed by atoms with van der Waals surface area (Å²) in [5.41, 5.74) is 3.37. The molecule has 18 heavy (non-hydrogen) atoms. The van der Waals surface area contributed by atoms with Gasteiger partial charge in [-0.15, -0.1) is 0 Å². The third kappa shape index (κ3) is 2.86. The van der Waals surface area contributed by atoms with Crippen molar-refractivity contribution in [2.75, 3.05) is 11.9 Å². The lowest BCUT2D eigenvalue weighted by Crippen LogP contribution is -2.03. The average Bonchev–Trinajstić information content (AvgIpc) is 2.39. The van der Waals surface area contributed by atoms with E-state index in [-0.39, 0.29) is 0 Å². The molecule has 0 aliphatic heterocycles. The number of anilines is 1. The monoisotopic (exact) mass is 241 g/mol. The fraction of sp³-hybridized carbons (Fsp3) is 0.333. The summed E-state index contributed by atoms with van der Waals surface area (Å²) in [6.07, 6.45) is 0.916. The van der Waals surface area contributed by atoms with Gasteiger partial charge in [0.1, 0.15) is 5.82 Å². The zero-order valence-electron chi connectivity index (χ0n) is 11.2. The Morgan fingerprint density at radius 3 is 2.61 bits per heavy atom. The Morgan fingerprint density at radius 2 is 1.94 bits per heavy atom. The van der Waals surface area contributed by atoms with E-state index >= 15 is 0 Å². The molecule has 0 aliphatic rings. The van der Waals surface area contributed by atoms with Crippen LogP contribution in [-0.4, -0.2) is 16.5 Å². The minimum atomic E-state index is 0.800. The van der Waals surface area contributed by atoms with Crippen LogP contribution in [0.4, 0.5) is 5.82 Å². The second kappa shape index (κ2) is 5.63. The van der Waals surface area contributed by atoms with Crippen molar-refractivity contribution in [1.29, 1.82) is 0 Å². The van der Waals surface area contributed by atoms with Gasteiger partial charge in [-0.1, -0.05) is 30.7 Å². The Kier molecular flexibility index (Phi) is 3.92. The maximum atomic E-state index is 4.59. The predicted molar refractivity (Wildman–Crippen MR) is 75.7 cm³/mol. The number of benzene rings is 1. The van der Waals surface area contributed by atoms with E-state index in [1.165, 1.54) is 5.56 Å². The summed E-state index contributed by atoms with van der Waals surface area (Å²) in [6, 6.07) is 10.3. The normalized spacial score (nSPS) is 10.4. The number of nitrogens with one attached hydrogen (secondary N) is 1. The molecule has 2 aromatic rings. The van der Waals surface area contributed by atoms with E-state index in [4.69, 9.17) is 0 Å². The van der Waals surface area contributed by atoms with Crippen LogP contribution in [-0.2, 0) is 6.42 Å². The van der Waals surface area contributed by atoms with Crippen LogP contribution in [0.1, 0.15) is 25.1 Å². The number of hydrogen-bond acceptors (Lipinski definition) is 3. The zero-order chi connectivity index (χ0) is 13.0. The third-order valence-corrected chi connectivity index (χ3v) is 2.78. The highest BCUT2D eigenvalue weighted by Crippen LogP contribution is 2.19. The molecule has 94 valence electrons. The standard InChI is InChI=1S/C15H19N3/c1-4-13-10-14(16-5-2)18-15(17-13)12-8-6-7-11(3)9-12/h6-10H,4-5H2,1-3H3,(H,16,17,18). The molecule has 1 heterocycles. The summed E-state index contributed by atoms with van der Waals surface area (Å²) in [5.74, 6) is 1.70. The van der Waals surface area contributed by atoms with E-state index in [1.54, 1.807) is 0 Å². The largest absolute Gasteiger partial charge is 0.370 e. The summed E-state index contributed by atoms with van der Waals surface area (Å²) in [6.45, 7) is 7.13. The SMILES string of the molecule is CCNc1cc(CC)nc(-c2cccc(C)c2)n1. The van der Waals surface area contributed by atoms with Crippen LogP contribution in [0.15, 0.2) is 30.3 Å². The van der Waals surface area contributed by atoms with Crippen LogP contribution in [0.5, 0.6) is 0 Å². The molecule has 1 N–H and O–H groups in total. The molecule has 0 spiro atoms. The Bertz CT molecular complexity index is 535. The van der Waals surface area contributed by atoms with E-state index in [0.29, 0.717) is 0 Å². The number of rotatable bonds is 4. The molecule has 1 aromatic carbocycles. The van der Waals surface area contributed by atoms with Crippen LogP contribution >= 0.6 is 0 Å². The average molecular weight is 241 g/mol. The van der Waals surface area contributed by atoms with Crippen LogP contribution in [0.3, 0.4) is 0 Å². The van der Waals surface area contributed by atoms with Crippen molar-refractivity contribution in [3.8, 4) is 11.4 Å². The van der Waals surface area contributed by atoms with Gasteiger partial charge in [0, 0.05) is 23.9 Å². The highest BCUT2D eigenvalue weighted by atomic mass is 15.0. The molecule has 0 fully saturated rings. The topological polar surface area (TPSA) is 37.8 Å². The summed E-state index contributed by atoms with van der Waals surface area (Å²) in [7, 11) is 0. The molecule has 3 heteroatoms. The third-order valence-electron chi connectivity index (χ3n) is 2.78. The van der Waals surface area contributed by atoms with E-state index in [1.807, 2.05) is 12.1 Å². The summed E-state index contributed by atoms with van der Waals surface area (Å²) < 4.78 is 0. The Hall–Kier alpha value is -1.90. The summed E-state index contributed by atoms with van der Waals surface area (Å²) in [5, 5.41) is 3.26. The van der Waals surface area contributed by atoms with Crippen LogP contribution in [0, 0.1) is 6.92 Å². The van der Waals surface area contributed by atoms with E-state index in [9.17, 15) is 0 Å².